The topological polar surface area (TPSA) is 18.5 Å². The fourth-order valence-corrected chi connectivity index (χ4v) is 11.6. The van der Waals surface area contributed by atoms with E-state index in [0.29, 0.717) is 0 Å². The molecule has 0 unspecified atom stereocenters. The van der Waals surface area contributed by atoms with Gasteiger partial charge in [0.1, 0.15) is 0 Å². The van der Waals surface area contributed by atoms with Gasteiger partial charge in [-0.25, -0.2) is 0 Å². The van der Waals surface area contributed by atoms with E-state index in [9.17, 15) is 0 Å². The fourth-order valence-electron chi connectivity index (χ4n) is 11.6. The maximum atomic E-state index is 5.74. The minimum absolute atomic E-state index is 0.0292. The van der Waals surface area contributed by atoms with Crippen molar-refractivity contribution in [3.05, 3.63) is 142 Å². The molecule has 338 valence electrons. The highest BCUT2D eigenvalue weighted by Crippen LogP contribution is 2.61. The first-order valence-electron chi connectivity index (χ1n) is 26.3. The maximum absolute atomic E-state index is 5.74. The van der Waals surface area contributed by atoms with Crippen LogP contribution in [0.4, 0.5) is 0 Å². The molecule has 0 amide bonds. The Morgan fingerprint density at radius 2 is 0.812 bits per heavy atom. The number of benzene rings is 5. The normalized spacial score (nSPS) is 14.0. The Morgan fingerprint density at radius 3 is 1.30 bits per heavy atom. The number of unbranched alkanes of at least 4 members (excludes halogenated alkanes) is 10. The van der Waals surface area contributed by atoms with Gasteiger partial charge in [-0.2, -0.15) is 0 Å². The zero-order valence-corrected chi connectivity index (χ0v) is 41.0. The Kier molecular flexibility index (Phi) is 17.7. The van der Waals surface area contributed by atoms with Crippen LogP contribution in [-0.2, 0) is 33.1 Å². The minimum atomic E-state index is -0.452. The number of fused-ring (bicyclic) bond motifs is 6. The van der Waals surface area contributed by atoms with E-state index in [0.717, 1.165) is 66.7 Å². The quantitative estimate of drug-likeness (QED) is 0.0362. The summed E-state index contributed by atoms with van der Waals surface area (Å²) in [6.07, 6.45) is 22.6. The van der Waals surface area contributed by atoms with Crippen molar-refractivity contribution < 1.29 is 9.47 Å². The SMILES string of the molecule is CBc1ccc2c(c1)C(CCCCCCCC)(CCCCCCCC)c1cc3c(cc1-2)C(c1ccc(CCCOCC)cc1)(c1ccc(CCCOCC)cc1)c1cc(BC)ccc1-3. The van der Waals surface area contributed by atoms with Gasteiger partial charge in [-0.3, -0.25) is 0 Å². The van der Waals surface area contributed by atoms with Gasteiger partial charge in [0, 0.05) is 31.8 Å². The molecule has 64 heavy (non-hydrogen) atoms. The first kappa shape index (κ1) is 48.1. The Hall–Kier alpha value is -3.85. The first-order chi connectivity index (χ1) is 31.5. The molecule has 2 aliphatic carbocycles. The highest BCUT2D eigenvalue weighted by Gasteiger charge is 2.50. The van der Waals surface area contributed by atoms with Crippen molar-refractivity contribution in [3.8, 4) is 22.3 Å². The molecule has 0 fully saturated rings. The maximum Gasteiger partial charge on any atom is 0.154 e. The molecule has 0 aromatic heterocycles. The number of aryl methyl sites for hydroxylation is 2. The minimum Gasteiger partial charge on any atom is -0.382 e. The molecule has 0 saturated carbocycles. The van der Waals surface area contributed by atoms with Gasteiger partial charge in [0.15, 0.2) is 14.6 Å². The highest BCUT2D eigenvalue weighted by molar-refractivity contribution is 6.52. The third kappa shape index (κ3) is 10.2. The van der Waals surface area contributed by atoms with E-state index >= 15 is 0 Å². The van der Waals surface area contributed by atoms with E-state index in [1.807, 2.05) is 0 Å². The standard InChI is InChI=1S/C60H80B2O2/c1-7-11-13-15-17-19-37-59(38-20-18-16-14-12-8-2)55-41-49(61-5)33-35-51(55)53-44-58-54(43-56(53)59)52-36-34-50(62-6)42-57(52)60(58,47-29-25-45(26-30-47)23-21-39-63-9-3)48-31-27-46(28-32-48)24-22-40-64-10-4/h25-36,41-44,61-62H,7-24,37-40H2,1-6H3. The average molecular weight is 855 g/mol. The lowest BCUT2D eigenvalue weighted by Crippen LogP contribution is -2.30. The van der Waals surface area contributed by atoms with Gasteiger partial charge in [0.2, 0.25) is 0 Å². The Morgan fingerprint density at radius 1 is 0.406 bits per heavy atom. The van der Waals surface area contributed by atoms with E-state index in [2.05, 4.69) is 138 Å². The Balaban J connectivity index is 1.43. The summed E-state index contributed by atoms with van der Waals surface area (Å²) < 4.78 is 11.5. The van der Waals surface area contributed by atoms with Crippen LogP contribution < -0.4 is 10.9 Å². The smallest absolute Gasteiger partial charge is 0.154 e. The number of hydrogen-bond acceptors (Lipinski definition) is 2. The number of rotatable bonds is 28. The molecule has 2 aliphatic rings. The summed E-state index contributed by atoms with van der Waals surface area (Å²) in [7, 11) is 2.09. The largest absolute Gasteiger partial charge is 0.382 e. The third-order valence-electron chi connectivity index (χ3n) is 15.2. The van der Waals surface area contributed by atoms with Crippen LogP contribution in [0.25, 0.3) is 22.3 Å². The summed E-state index contributed by atoms with van der Waals surface area (Å²) in [4.78, 5) is 0. The predicted molar refractivity (Wildman–Crippen MR) is 281 cm³/mol. The summed E-state index contributed by atoms with van der Waals surface area (Å²) in [6.45, 7) is 16.7. The summed E-state index contributed by atoms with van der Waals surface area (Å²) in [6, 6.07) is 40.1. The average Bonchev–Trinajstić information content (AvgIpc) is 3.76. The molecule has 0 saturated heterocycles. The second-order valence-electron chi connectivity index (χ2n) is 19.3. The van der Waals surface area contributed by atoms with Gasteiger partial charge >= 0.3 is 0 Å². The van der Waals surface area contributed by atoms with Crippen LogP contribution in [0, 0.1) is 0 Å². The molecule has 0 radical (unpaired) electrons. The lowest BCUT2D eigenvalue weighted by atomic mass is 9.64. The Bertz CT molecular complexity index is 2150. The van der Waals surface area contributed by atoms with Gasteiger partial charge in [0.05, 0.1) is 5.41 Å². The molecular weight excluding hydrogens is 774 g/mol. The molecule has 5 aromatic carbocycles. The van der Waals surface area contributed by atoms with Crippen LogP contribution in [0.15, 0.2) is 97.1 Å². The van der Waals surface area contributed by atoms with Crippen molar-refractivity contribution in [2.75, 3.05) is 26.4 Å². The molecule has 0 atom stereocenters. The zero-order chi connectivity index (χ0) is 44.8. The van der Waals surface area contributed by atoms with Crippen LogP contribution in [0.1, 0.15) is 175 Å². The summed E-state index contributed by atoms with van der Waals surface area (Å²) in [5.74, 6) is 0. The van der Waals surface area contributed by atoms with Crippen LogP contribution in [-0.4, -0.2) is 41.0 Å². The first-order valence-corrected chi connectivity index (χ1v) is 26.3. The van der Waals surface area contributed by atoms with Crippen LogP contribution >= 0.6 is 0 Å². The van der Waals surface area contributed by atoms with Crippen molar-refractivity contribution in [1.82, 2.24) is 0 Å². The summed E-state index contributed by atoms with van der Waals surface area (Å²) in [5, 5.41) is 0. The lowest BCUT2D eigenvalue weighted by molar-refractivity contribution is 0.145. The number of ether oxygens (including phenoxy) is 2. The fraction of sp³-hybridized carbons (Fsp3) is 0.500. The molecule has 7 rings (SSSR count). The molecule has 0 heterocycles. The predicted octanol–water partition coefficient (Wildman–Crippen LogP) is 14.0. The summed E-state index contributed by atoms with van der Waals surface area (Å²) in [5.41, 5.74) is 19.9. The van der Waals surface area contributed by atoms with Crippen molar-refractivity contribution in [3.63, 3.8) is 0 Å². The number of hydrogen-bond donors (Lipinski definition) is 0. The third-order valence-corrected chi connectivity index (χ3v) is 15.2. The molecule has 2 nitrogen and oxygen atoms in total. The molecule has 0 aliphatic heterocycles. The molecule has 0 N–H and O–H groups in total. The zero-order valence-electron chi connectivity index (χ0n) is 41.0. The second kappa shape index (κ2) is 23.6. The van der Waals surface area contributed by atoms with Crippen molar-refractivity contribution in [2.45, 2.75) is 168 Å². The van der Waals surface area contributed by atoms with Crippen molar-refractivity contribution >= 4 is 25.5 Å². The van der Waals surface area contributed by atoms with Crippen LogP contribution in [0.3, 0.4) is 0 Å². The van der Waals surface area contributed by atoms with Crippen LogP contribution in [0.2, 0.25) is 13.6 Å². The molecule has 0 bridgehead atoms. The molecular formula is C60H80B2O2. The lowest BCUT2D eigenvalue weighted by Gasteiger charge is -2.35. The monoisotopic (exact) mass is 855 g/mol. The van der Waals surface area contributed by atoms with E-state index in [-0.39, 0.29) is 5.41 Å². The summed E-state index contributed by atoms with van der Waals surface area (Å²) >= 11 is 0. The van der Waals surface area contributed by atoms with Crippen LogP contribution in [0.5, 0.6) is 0 Å². The molecule has 0 spiro atoms. The highest BCUT2D eigenvalue weighted by atomic mass is 16.5. The van der Waals surface area contributed by atoms with Gasteiger partial charge in [0.25, 0.3) is 0 Å². The van der Waals surface area contributed by atoms with Crippen molar-refractivity contribution in [2.24, 2.45) is 0 Å². The van der Waals surface area contributed by atoms with E-state index in [1.54, 1.807) is 11.1 Å². The van der Waals surface area contributed by atoms with E-state index in [1.165, 1.54) is 156 Å². The second-order valence-corrected chi connectivity index (χ2v) is 19.3. The van der Waals surface area contributed by atoms with Gasteiger partial charge in [-0.1, -0.05) is 200 Å². The van der Waals surface area contributed by atoms with Gasteiger partial charge in [-0.15, -0.1) is 0 Å². The Labute approximate surface area is 391 Å². The van der Waals surface area contributed by atoms with Gasteiger partial charge < -0.3 is 9.47 Å². The van der Waals surface area contributed by atoms with Gasteiger partial charge in [-0.05, 0) is 131 Å². The van der Waals surface area contributed by atoms with E-state index < -0.39 is 5.41 Å². The van der Waals surface area contributed by atoms with Crippen molar-refractivity contribution in [1.29, 1.82) is 0 Å². The van der Waals surface area contributed by atoms with E-state index in [4.69, 9.17) is 9.47 Å². The molecule has 4 heteroatoms. The molecule has 5 aromatic rings.